The van der Waals surface area contributed by atoms with E-state index < -0.39 is 0 Å². The van der Waals surface area contributed by atoms with Gasteiger partial charge in [-0.05, 0) is 32.0 Å². The minimum atomic E-state index is 0.0458. The highest BCUT2D eigenvalue weighted by molar-refractivity contribution is 7.99. The van der Waals surface area contributed by atoms with Gasteiger partial charge < -0.3 is 14.1 Å². The van der Waals surface area contributed by atoms with E-state index in [1.165, 1.54) is 11.8 Å². The van der Waals surface area contributed by atoms with Crippen LogP contribution in [0.5, 0.6) is 0 Å². The van der Waals surface area contributed by atoms with Gasteiger partial charge in [-0.1, -0.05) is 29.4 Å². The molecule has 0 N–H and O–H groups in total. The molecule has 1 aliphatic heterocycles. The van der Waals surface area contributed by atoms with Crippen molar-refractivity contribution in [3.05, 3.63) is 29.3 Å². The highest BCUT2D eigenvalue weighted by Gasteiger charge is 2.26. The average molecular weight is 368 g/mol. The minimum absolute atomic E-state index is 0.0458. The third-order valence-electron chi connectivity index (χ3n) is 3.57. The SMILES string of the molecule is CC1CN(C(=O)CSc2nnc(-c3cccc(Cl)c3)o2)CC(C)O1. The average Bonchev–Trinajstić information content (AvgIpc) is 3.00. The fourth-order valence-electron chi connectivity index (χ4n) is 2.60. The molecule has 0 spiro atoms. The first-order valence-electron chi connectivity index (χ1n) is 7.66. The monoisotopic (exact) mass is 367 g/mol. The van der Waals surface area contributed by atoms with Crippen LogP contribution < -0.4 is 0 Å². The Kier molecular flexibility index (Phi) is 5.43. The summed E-state index contributed by atoms with van der Waals surface area (Å²) >= 11 is 7.20. The minimum Gasteiger partial charge on any atom is -0.411 e. The van der Waals surface area contributed by atoms with Crippen molar-refractivity contribution in [3.63, 3.8) is 0 Å². The predicted molar refractivity (Wildman–Crippen MR) is 92.1 cm³/mol. The summed E-state index contributed by atoms with van der Waals surface area (Å²) in [5, 5.41) is 8.95. The summed E-state index contributed by atoms with van der Waals surface area (Å²) in [4.78, 5) is 14.1. The molecule has 0 saturated carbocycles. The summed E-state index contributed by atoms with van der Waals surface area (Å²) < 4.78 is 11.2. The third kappa shape index (κ3) is 4.28. The van der Waals surface area contributed by atoms with Gasteiger partial charge in [-0.15, -0.1) is 10.2 Å². The van der Waals surface area contributed by atoms with E-state index in [-0.39, 0.29) is 23.9 Å². The number of amides is 1. The quantitative estimate of drug-likeness (QED) is 0.773. The molecule has 1 aromatic carbocycles. The van der Waals surface area contributed by atoms with Gasteiger partial charge in [0, 0.05) is 23.7 Å². The highest BCUT2D eigenvalue weighted by atomic mass is 35.5. The molecule has 6 nitrogen and oxygen atoms in total. The van der Waals surface area contributed by atoms with Gasteiger partial charge in [0.25, 0.3) is 5.22 Å². The van der Waals surface area contributed by atoms with E-state index in [1.54, 1.807) is 12.1 Å². The van der Waals surface area contributed by atoms with Gasteiger partial charge in [-0.2, -0.15) is 0 Å². The second kappa shape index (κ2) is 7.55. The standard InChI is InChI=1S/C16H18ClN3O3S/c1-10-7-20(8-11(2)22-10)14(21)9-24-16-19-18-15(23-16)12-4-3-5-13(17)6-12/h3-6,10-11H,7-9H2,1-2H3. The van der Waals surface area contributed by atoms with Crippen LogP contribution in [0.15, 0.2) is 33.9 Å². The Bertz CT molecular complexity index is 714. The lowest BCUT2D eigenvalue weighted by atomic mass is 10.2. The van der Waals surface area contributed by atoms with Crippen molar-refractivity contribution < 1.29 is 13.9 Å². The maximum Gasteiger partial charge on any atom is 0.277 e. The molecular formula is C16H18ClN3O3S. The van der Waals surface area contributed by atoms with Crippen LogP contribution in [0.1, 0.15) is 13.8 Å². The Morgan fingerprint density at radius 2 is 2.08 bits per heavy atom. The molecule has 128 valence electrons. The van der Waals surface area contributed by atoms with Crippen molar-refractivity contribution in [2.45, 2.75) is 31.3 Å². The van der Waals surface area contributed by atoms with E-state index in [0.717, 1.165) is 5.56 Å². The van der Waals surface area contributed by atoms with E-state index >= 15 is 0 Å². The number of hydrogen-bond donors (Lipinski definition) is 0. The van der Waals surface area contributed by atoms with Crippen LogP contribution in [0.25, 0.3) is 11.5 Å². The summed E-state index contributed by atoms with van der Waals surface area (Å²) in [6, 6.07) is 7.19. The number of ether oxygens (including phenoxy) is 1. The number of carbonyl (C=O) groups excluding carboxylic acids is 1. The summed E-state index contributed by atoms with van der Waals surface area (Å²) in [6.07, 6.45) is 0.112. The number of halogens is 1. The molecule has 1 aliphatic rings. The number of morpholine rings is 1. The van der Waals surface area contributed by atoms with E-state index in [0.29, 0.717) is 29.2 Å². The first-order valence-corrected chi connectivity index (χ1v) is 9.03. The molecule has 0 radical (unpaired) electrons. The van der Waals surface area contributed by atoms with Crippen molar-refractivity contribution in [2.75, 3.05) is 18.8 Å². The first-order chi connectivity index (χ1) is 11.5. The number of nitrogens with zero attached hydrogens (tertiary/aromatic N) is 3. The Morgan fingerprint density at radius 1 is 1.33 bits per heavy atom. The van der Waals surface area contributed by atoms with Crippen LogP contribution in [-0.2, 0) is 9.53 Å². The Balaban J connectivity index is 1.58. The molecule has 8 heteroatoms. The molecule has 2 heterocycles. The van der Waals surface area contributed by atoms with Crippen molar-refractivity contribution in [1.82, 2.24) is 15.1 Å². The van der Waals surface area contributed by atoms with Crippen LogP contribution in [0, 0.1) is 0 Å². The Morgan fingerprint density at radius 3 is 2.79 bits per heavy atom. The zero-order valence-electron chi connectivity index (χ0n) is 13.4. The normalized spacial score (nSPS) is 21.0. The maximum atomic E-state index is 12.3. The fourth-order valence-corrected chi connectivity index (χ4v) is 3.46. The van der Waals surface area contributed by atoms with E-state index in [2.05, 4.69) is 10.2 Å². The first kappa shape index (κ1) is 17.3. The molecule has 2 unspecified atom stereocenters. The molecule has 2 atom stereocenters. The van der Waals surface area contributed by atoms with Crippen LogP contribution in [0.4, 0.5) is 0 Å². The lowest BCUT2D eigenvalue weighted by Crippen LogP contribution is -2.48. The lowest BCUT2D eigenvalue weighted by molar-refractivity contribution is -0.140. The van der Waals surface area contributed by atoms with Gasteiger partial charge in [0.2, 0.25) is 11.8 Å². The summed E-state index contributed by atoms with van der Waals surface area (Å²) in [5.74, 6) is 0.696. The van der Waals surface area contributed by atoms with Gasteiger partial charge >= 0.3 is 0 Å². The van der Waals surface area contributed by atoms with Crippen molar-refractivity contribution in [1.29, 1.82) is 0 Å². The molecule has 1 fully saturated rings. The van der Waals surface area contributed by atoms with Crippen molar-refractivity contribution in [2.24, 2.45) is 0 Å². The molecule has 24 heavy (non-hydrogen) atoms. The molecule has 0 bridgehead atoms. The van der Waals surface area contributed by atoms with Gasteiger partial charge in [-0.3, -0.25) is 4.79 Å². The van der Waals surface area contributed by atoms with Crippen molar-refractivity contribution >= 4 is 29.3 Å². The lowest BCUT2D eigenvalue weighted by Gasteiger charge is -2.35. The highest BCUT2D eigenvalue weighted by Crippen LogP contribution is 2.25. The molecule has 1 saturated heterocycles. The second-order valence-corrected chi connectivity index (χ2v) is 7.09. The van der Waals surface area contributed by atoms with E-state index in [9.17, 15) is 4.79 Å². The zero-order chi connectivity index (χ0) is 17.1. The van der Waals surface area contributed by atoms with Crippen molar-refractivity contribution in [3.8, 4) is 11.5 Å². The topological polar surface area (TPSA) is 68.5 Å². The molecule has 1 amide bonds. The number of aromatic nitrogens is 2. The van der Waals surface area contributed by atoms with Gasteiger partial charge in [0.05, 0.1) is 18.0 Å². The van der Waals surface area contributed by atoms with E-state index in [1.807, 2.05) is 30.9 Å². The smallest absolute Gasteiger partial charge is 0.277 e. The predicted octanol–water partition coefficient (Wildman–Crippen LogP) is 3.12. The Hall–Kier alpha value is -1.57. The summed E-state index contributed by atoms with van der Waals surface area (Å²) in [7, 11) is 0. The summed E-state index contributed by atoms with van der Waals surface area (Å²) in [6.45, 7) is 5.17. The maximum absolute atomic E-state index is 12.3. The second-order valence-electron chi connectivity index (χ2n) is 5.73. The van der Waals surface area contributed by atoms with E-state index in [4.69, 9.17) is 20.8 Å². The summed E-state index contributed by atoms with van der Waals surface area (Å²) in [5.41, 5.74) is 0.754. The molecule has 2 aromatic rings. The number of hydrogen-bond acceptors (Lipinski definition) is 6. The number of rotatable bonds is 4. The zero-order valence-corrected chi connectivity index (χ0v) is 15.0. The van der Waals surface area contributed by atoms with Gasteiger partial charge in [0.15, 0.2) is 0 Å². The third-order valence-corrected chi connectivity index (χ3v) is 4.61. The Labute approximate surface area is 149 Å². The van der Waals surface area contributed by atoms with Crippen LogP contribution in [0.3, 0.4) is 0 Å². The number of benzene rings is 1. The molecular weight excluding hydrogens is 350 g/mol. The van der Waals surface area contributed by atoms with Crippen LogP contribution in [0.2, 0.25) is 5.02 Å². The molecule has 3 rings (SSSR count). The molecule has 1 aromatic heterocycles. The largest absolute Gasteiger partial charge is 0.411 e. The van der Waals surface area contributed by atoms with Crippen LogP contribution in [-0.4, -0.2) is 52.1 Å². The van der Waals surface area contributed by atoms with Gasteiger partial charge in [0.1, 0.15) is 0 Å². The number of carbonyl (C=O) groups is 1. The number of thioether (sulfide) groups is 1. The molecule has 0 aliphatic carbocycles. The van der Waals surface area contributed by atoms with Gasteiger partial charge in [-0.25, -0.2) is 0 Å². The fraction of sp³-hybridized carbons (Fsp3) is 0.438. The van der Waals surface area contributed by atoms with Crippen LogP contribution >= 0.6 is 23.4 Å².